The highest BCUT2D eigenvalue weighted by Gasteiger charge is 2.40. The third-order valence-corrected chi connectivity index (χ3v) is 9.17. The van der Waals surface area contributed by atoms with Crippen molar-refractivity contribution in [2.24, 2.45) is 7.05 Å². The van der Waals surface area contributed by atoms with Crippen LogP contribution in [0.3, 0.4) is 0 Å². The van der Waals surface area contributed by atoms with E-state index in [0.717, 1.165) is 11.4 Å². The lowest BCUT2D eigenvalue weighted by Crippen LogP contribution is -2.41. The Bertz CT molecular complexity index is 2150. The number of aryl methyl sites for hydroxylation is 1. The molecule has 1 aliphatic rings. The summed E-state index contributed by atoms with van der Waals surface area (Å²) < 4.78 is 7.10. The largest absolute Gasteiger partial charge is 0.225 e. The molecule has 4 heterocycles. The van der Waals surface area contributed by atoms with Crippen LogP contribution in [0.15, 0.2) is 164 Å². The first-order chi connectivity index (χ1) is 22.2. The zero-order chi connectivity index (χ0) is 30.3. The maximum atomic E-state index is 2.47. The van der Waals surface area contributed by atoms with Gasteiger partial charge in [0.05, 0.1) is 11.1 Å². The highest BCUT2D eigenvalue weighted by molar-refractivity contribution is 5.73. The second-order valence-electron chi connectivity index (χ2n) is 11.7. The van der Waals surface area contributed by atoms with Crippen molar-refractivity contribution in [1.29, 1.82) is 0 Å². The molecule has 7 aromatic rings. The Labute approximate surface area is 264 Å². The van der Waals surface area contributed by atoms with E-state index >= 15 is 0 Å². The first-order valence-corrected chi connectivity index (χ1v) is 15.5. The van der Waals surface area contributed by atoms with Crippen LogP contribution in [-0.2, 0) is 7.05 Å². The second-order valence-corrected chi connectivity index (χ2v) is 11.7. The molecule has 1 unspecified atom stereocenters. The van der Waals surface area contributed by atoms with Crippen molar-refractivity contribution in [3.05, 3.63) is 181 Å². The third kappa shape index (κ3) is 4.47. The van der Waals surface area contributed by atoms with E-state index in [-0.39, 0.29) is 6.04 Å². The summed E-state index contributed by atoms with van der Waals surface area (Å²) >= 11 is 0. The van der Waals surface area contributed by atoms with Crippen LogP contribution in [0, 0.1) is 6.92 Å². The normalized spacial score (nSPS) is 13.3. The Morgan fingerprint density at radius 3 is 1.76 bits per heavy atom. The molecule has 3 heteroatoms. The van der Waals surface area contributed by atoms with Gasteiger partial charge < -0.3 is 0 Å². The van der Waals surface area contributed by atoms with Crippen molar-refractivity contribution in [2.75, 3.05) is 0 Å². The zero-order valence-electron chi connectivity index (χ0n) is 25.5. The quantitative estimate of drug-likeness (QED) is 0.183. The predicted molar refractivity (Wildman–Crippen MR) is 180 cm³/mol. The maximum absolute atomic E-state index is 2.47. The van der Waals surface area contributed by atoms with Gasteiger partial charge in [0.25, 0.3) is 0 Å². The fraction of sp³-hybridized carbons (Fsp3) is 0.0714. The summed E-state index contributed by atoms with van der Waals surface area (Å²) in [5, 5.41) is 0. The lowest BCUT2D eigenvalue weighted by atomic mass is 9.91. The molecule has 1 atom stereocenters. The minimum absolute atomic E-state index is 0.0679. The van der Waals surface area contributed by atoms with E-state index < -0.39 is 0 Å². The number of pyridine rings is 3. The maximum Gasteiger partial charge on any atom is 0.225 e. The summed E-state index contributed by atoms with van der Waals surface area (Å²) in [6, 6.07) is 54.9. The van der Waals surface area contributed by atoms with E-state index in [2.05, 4.69) is 192 Å². The fourth-order valence-electron chi connectivity index (χ4n) is 7.10. The van der Waals surface area contributed by atoms with Gasteiger partial charge in [-0.05, 0) is 42.0 Å². The summed E-state index contributed by atoms with van der Waals surface area (Å²) in [5.74, 6) is 0. The van der Waals surface area contributed by atoms with Crippen LogP contribution in [0.4, 0.5) is 0 Å². The van der Waals surface area contributed by atoms with Gasteiger partial charge in [-0.1, -0.05) is 78.9 Å². The average Bonchev–Trinajstić information content (AvgIpc) is 3.43. The molecule has 0 aliphatic carbocycles. The van der Waals surface area contributed by atoms with E-state index in [1.807, 2.05) is 0 Å². The molecule has 214 valence electrons. The smallest absolute Gasteiger partial charge is 0.201 e. The molecule has 0 saturated carbocycles. The molecule has 3 aromatic heterocycles. The van der Waals surface area contributed by atoms with E-state index in [0.29, 0.717) is 0 Å². The summed E-state index contributed by atoms with van der Waals surface area (Å²) in [7, 11) is 2.12. The molecule has 0 fully saturated rings. The molecular weight excluding hydrogens is 546 g/mol. The first kappa shape index (κ1) is 26.9. The standard InChI is InChI=1S/C42H34N3/c1-30-32(31-16-4-3-5-17-31)26-27-41(45(30)40-25-11-10-22-37(40)38-23-12-14-28-43(38)2)34-19-7-9-21-36(34)42-35-20-8-6-18-33(35)39-24-13-15-29-44(39)42/h3-29,42H,1-2H3/q+3. The van der Waals surface area contributed by atoms with Crippen LogP contribution in [0.25, 0.3) is 50.6 Å². The zero-order valence-corrected chi connectivity index (χ0v) is 25.5. The van der Waals surface area contributed by atoms with E-state index in [1.54, 1.807) is 0 Å². The Hall–Kier alpha value is -5.67. The highest BCUT2D eigenvalue weighted by Crippen LogP contribution is 2.40. The van der Waals surface area contributed by atoms with Gasteiger partial charge in [0.2, 0.25) is 28.8 Å². The number of hydrogen-bond acceptors (Lipinski definition) is 0. The molecule has 0 bridgehead atoms. The minimum Gasteiger partial charge on any atom is -0.201 e. The molecule has 4 aromatic carbocycles. The number of hydrogen-bond donors (Lipinski definition) is 0. The lowest BCUT2D eigenvalue weighted by Gasteiger charge is -2.16. The molecule has 0 amide bonds. The van der Waals surface area contributed by atoms with Gasteiger partial charge in [-0.2, -0.15) is 9.13 Å². The van der Waals surface area contributed by atoms with Gasteiger partial charge in [0.1, 0.15) is 12.6 Å². The SMILES string of the molecule is Cc1c(-c2ccccc2)ccc(-c2ccccc2C2c3ccccc3-c3cccc[n+]32)[n+]1-c1ccccc1-c1cccc[n+]1C. The highest BCUT2D eigenvalue weighted by atomic mass is 15.0. The minimum atomic E-state index is 0.0679. The fourth-order valence-corrected chi connectivity index (χ4v) is 7.10. The van der Waals surface area contributed by atoms with Crippen LogP contribution in [0.2, 0.25) is 0 Å². The molecule has 3 nitrogen and oxygen atoms in total. The van der Waals surface area contributed by atoms with Crippen LogP contribution in [-0.4, -0.2) is 0 Å². The molecule has 0 saturated heterocycles. The van der Waals surface area contributed by atoms with Crippen molar-refractivity contribution in [3.63, 3.8) is 0 Å². The Morgan fingerprint density at radius 2 is 1.02 bits per heavy atom. The number of aromatic nitrogens is 3. The predicted octanol–water partition coefficient (Wildman–Crippen LogP) is 8.00. The van der Waals surface area contributed by atoms with E-state index in [9.17, 15) is 0 Å². The lowest BCUT2D eigenvalue weighted by molar-refractivity contribution is -0.688. The number of rotatable bonds is 5. The second kappa shape index (κ2) is 11.1. The molecule has 0 spiro atoms. The van der Waals surface area contributed by atoms with Gasteiger partial charge in [-0.25, -0.2) is 4.57 Å². The Kier molecular flexibility index (Phi) is 6.65. The van der Waals surface area contributed by atoms with Crippen LogP contribution in [0.5, 0.6) is 0 Å². The monoisotopic (exact) mass is 580 g/mol. The Morgan fingerprint density at radius 1 is 0.444 bits per heavy atom. The number of fused-ring (bicyclic) bond motifs is 3. The Balaban J connectivity index is 1.42. The summed E-state index contributed by atoms with van der Waals surface area (Å²) in [5.41, 5.74) is 14.7. The number of nitrogens with zero attached hydrogens (tertiary/aromatic N) is 3. The van der Waals surface area contributed by atoms with E-state index in [4.69, 9.17) is 0 Å². The third-order valence-electron chi connectivity index (χ3n) is 9.17. The van der Waals surface area contributed by atoms with Crippen molar-refractivity contribution in [3.8, 4) is 50.6 Å². The van der Waals surface area contributed by atoms with Gasteiger partial charge in [0.15, 0.2) is 18.1 Å². The number of para-hydroxylation sites is 1. The molecule has 1 aliphatic heterocycles. The summed E-state index contributed by atoms with van der Waals surface area (Å²) in [4.78, 5) is 0. The molecule has 0 radical (unpaired) electrons. The van der Waals surface area contributed by atoms with Gasteiger partial charge in [-0.15, -0.1) is 0 Å². The van der Waals surface area contributed by atoms with Crippen molar-refractivity contribution in [2.45, 2.75) is 13.0 Å². The number of benzene rings is 4. The van der Waals surface area contributed by atoms with Crippen LogP contribution < -0.4 is 13.7 Å². The van der Waals surface area contributed by atoms with Gasteiger partial charge >= 0.3 is 0 Å². The summed E-state index contributed by atoms with van der Waals surface area (Å²) in [6.07, 6.45) is 4.34. The average molecular weight is 581 g/mol. The van der Waals surface area contributed by atoms with Gasteiger partial charge in [0, 0.05) is 60.0 Å². The molecule has 8 rings (SSSR count). The first-order valence-electron chi connectivity index (χ1n) is 15.5. The van der Waals surface area contributed by atoms with Gasteiger partial charge in [-0.3, -0.25) is 0 Å². The molecular formula is C42H34N3+3. The molecule has 45 heavy (non-hydrogen) atoms. The summed E-state index contributed by atoms with van der Waals surface area (Å²) in [6.45, 7) is 2.26. The van der Waals surface area contributed by atoms with Crippen molar-refractivity contribution >= 4 is 0 Å². The van der Waals surface area contributed by atoms with Crippen LogP contribution in [0.1, 0.15) is 22.9 Å². The van der Waals surface area contributed by atoms with Crippen LogP contribution >= 0.6 is 0 Å². The topological polar surface area (TPSA) is 11.6 Å². The van der Waals surface area contributed by atoms with Crippen molar-refractivity contribution < 1.29 is 13.7 Å². The molecule has 0 N–H and O–H groups in total. The van der Waals surface area contributed by atoms with E-state index in [1.165, 1.54) is 56.0 Å². The van der Waals surface area contributed by atoms with Crippen molar-refractivity contribution in [1.82, 2.24) is 0 Å².